The summed E-state index contributed by atoms with van der Waals surface area (Å²) in [5.41, 5.74) is 6.72. The minimum absolute atomic E-state index is 0.0417. The van der Waals surface area contributed by atoms with Gasteiger partial charge in [0.15, 0.2) is 0 Å². The molecule has 0 amide bonds. The van der Waals surface area contributed by atoms with Crippen LogP contribution in [0.1, 0.15) is 22.7 Å². The Bertz CT molecular complexity index is 1090. The summed E-state index contributed by atoms with van der Waals surface area (Å²) in [7, 11) is 0. The molecule has 1 unspecified atom stereocenters. The summed E-state index contributed by atoms with van der Waals surface area (Å²) in [6.45, 7) is 6.57. The van der Waals surface area contributed by atoms with Gasteiger partial charge in [-0.15, -0.1) is 12.6 Å². The quantitative estimate of drug-likeness (QED) is 0.338. The second kappa shape index (κ2) is 7.37. The van der Waals surface area contributed by atoms with E-state index in [0.29, 0.717) is 0 Å². The topological polar surface area (TPSA) is 27.8 Å². The van der Waals surface area contributed by atoms with Crippen LogP contribution in [0.3, 0.4) is 0 Å². The van der Waals surface area contributed by atoms with Crippen molar-refractivity contribution in [3.63, 3.8) is 0 Å². The van der Waals surface area contributed by atoms with Crippen molar-refractivity contribution >= 4 is 34.8 Å². The molecule has 3 heteroatoms. The zero-order valence-electron chi connectivity index (χ0n) is 15.2. The van der Waals surface area contributed by atoms with Crippen LogP contribution in [0.4, 0.5) is 5.69 Å². The van der Waals surface area contributed by atoms with Crippen molar-refractivity contribution in [2.24, 2.45) is 0 Å². The molecule has 0 aliphatic heterocycles. The van der Waals surface area contributed by atoms with E-state index in [-0.39, 0.29) is 6.04 Å². The van der Waals surface area contributed by atoms with Crippen LogP contribution in [0.2, 0.25) is 0 Å². The number of thiol groups is 1. The first-order chi connectivity index (χ1) is 13.1. The Labute approximate surface area is 165 Å². The van der Waals surface area contributed by atoms with Crippen LogP contribution >= 0.6 is 12.6 Å². The molecule has 0 aliphatic rings. The standard InChI is InChI=1S/C24H22N2S/c1-16-10-12-18(13-11-16)24(26-19-6-5-7-20(27)14-19)17(2)22-15-25-23-9-4-3-8-21(22)23/h3-15,24-27H,2H2,1H3. The lowest BCUT2D eigenvalue weighted by Gasteiger charge is -2.23. The maximum absolute atomic E-state index is 4.47. The third-order valence-corrected chi connectivity index (χ3v) is 5.13. The molecule has 0 radical (unpaired) electrons. The Morgan fingerprint density at radius 2 is 1.78 bits per heavy atom. The van der Waals surface area contributed by atoms with Gasteiger partial charge in [0.1, 0.15) is 0 Å². The van der Waals surface area contributed by atoms with Gasteiger partial charge in [0.05, 0.1) is 6.04 Å². The molecule has 4 aromatic rings. The molecule has 0 spiro atoms. The first-order valence-corrected chi connectivity index (χ1v) is 9.44. The van der Waals surface area contributed by atoms with E-state index in [1.54, 1.807) is 0 Å². The van der Waals surface area contributed by atoms with Crippen molar-refractivity contribution < 1.29 is 0 Å². The third-order valence-electron chi connectivity index (χ3n) is 4.85. The number of aryl methyl sites for hydroxylation is 1. The normalized spacial score (nSPS) is 12.1. The number of hydrogen-bond donors (Lipinski definition) is 3. The van der Waals surface area contributed by atoms with Crippen LogP contribution in [0.5, 0.6) is 0 Å². The molecule has 3 aromatic carbocycles. The van der Waals surface area contributed by atoms with E-state index in [1.807, 2.05) is 30.5 Å². The number of nitrogens with one attached hydrogen (secondary N) is 2. The van der Waals surface area contributed by atoms with E-state index in [1.165, 1.54) is 16.5 Å². The fraction of sp³-hybridized carbons (Fsp3) is 0.0833. The highest BCUT2D eigenvalue weighted by molar-refractivity contribution is 7.80. The Kier molecular flexibility index (Phi) is 4.78. The van der Waals surface area contributed by atoms with Gasteiger partial charge in [0, 0.05) is 33.2 Å². The Morgan fingerprint density at radius 3 is 2.56 bits per heavy atom. The van der Waals surface area contributed by atoms with E-state index in [2.05, 4.69) is 85.0 Å². The smallest absolute Gasteiger partial charge is 0.0768 e. The third kappa shape index (κ3) is 3.64. The summed E-state index contributed by atoms with van der Waals surface area (Å²) in [5.74, 6) is 0. The Morgan fingerprint density at radius 1 is 1.00 bits per heavy atom. The number of fused-ring (bicyclic) bond motifs is 1. The van der Waals surface area contributed by atoms with E-state index in [4.69, 9.17) is 0 Å². The number of rotatable bonds is 5. The minimum Gasteiger partial charge on any atom is -0.374 e. The van der Waals surface area contributed by atoms with E-state index < -0.39 is 0 Å². The zero-order valence-corrected chi connectivity index (χ0v) is 16.1. The van der Waals surface area contributed by atoms with Gasteiger partial charge in [-0.1, -0.05) is 60.7 Å². The van der Waals surface area contributed by atoms with E-state index >= 15 is 0 Å². The van der Waals surface area contributed by atoms with Gasteiger partial charge in [-0.2, -0.15) is 0 Å². The monoisotopic (exact) mass is 370 g/mol. The molecule has 0 saturated heterocycles. The second-order valence-corrected chi connectivity index (χ2v) is 7.33. The van der Waals surface area contributed by atoms with Crippen molar-refractivity contribution in [1.82, 2.24) is 4.98 Å². The van der Waals surface area contributed by atoms with Gasteiger partial charge >= 0.3 is 0 Å². The highest BCUT2D eigenvalue weighted by atomic mass is 32.1. The van der Waals surface area contributed by atoms with Crippen molar-refractivity contribution in [2.45, 2.75) is 17.9 Å². The van der Waals surface area contributed by atoms with Gasteiger partial charge in [0.25, 0.3) is 0 Å². The van der Waals surface area contributed by atoms with Crippen molar-refractivity contribution in [3.8, 4) is 0 Å². The number of hydrogen-bond acceptors (Lipinski definition) is 2. The molecule has 1 aromatic heterocycles. The maximum Gasteiger partial charge on any atom is 0.0768 e. The average molecular weight is 371 g/mol. The molecule has 0 saturated carbocycles. The van der Waals surface area contributed by atoms with Gasteiger partial charge in [-0.3, -0.25) is 0 Å². The van der Waals surface area contributed by atoms with Crippen LogP contribution in [0.25, 0.3) is 16.5 Å². The van der Waals surface area contributed by atoms with Crippen molar-refractivity contribution in [2.75, 3.05) is 5.32 Å². The van der Waals surface area contributed by atoms with Crippen LogP contribution in [-0.4, -0.2) is 4.98 Å². The molecule has 0 bridgehead atoms. The van der Waals surface area contributed by atoms with Crippen LogP contribution in [0, 0.1) is 6.92 Å². The first kappa shape index (κ1) is 17.5. The fourth-order valence-electron chi connectivity index (χ4n) is 3.39. The highest BCUT2D eigenvalue weighted by Gasteiger charge is 2.19. The summed E-state index contributed by atoms with van der Waals surface area (Å²) in [5, 5.41) is 4.83. The molecule has 134 valence electrons. The SMILES string of the molecule is C=C(c1c[nH]c2ccccc12)C(Nc1cccc(S)c1)c1ccc(C)cc1. The number of aromatic nitrogens is 1. The number of para-hydroxylation sites is 1. The highest BCUT2D eigenvalue weighted by Crippen LogP contribution is 2.35. The summed E-state index contributed by atoms with van der Waals surface area (Å²) in [6, 6.07) is 25.0. The molecule has 4 rings (SSSR count). The predicted octanol–water partition coefficient (Wildman–Crippen LogP) is 6.63. The molecular formula is C24H22N2S. The first-order valence-electron chi connectivity index (χ1n) is 8.99. The average Bonchev–Trinajstić information content (AvgIpc) is 3.11. The van der Waals surface area contributed by atoms with Crippen LogP contribution in [-0.2, 0) is 0 Å². The largest absolute Gasteiger partial charge is 0.374 e. The van der Waals surface area contributed by atoms with Gasteiger partial charge in [-0.05, 0) is 42.3 Å². The molecule has 0 fully saturated rings. The second-order valence-electron chi connectivity index (χ2n) is 6.81. The lowest BCUT2D eigenvalue weighted by Crippen LogP contribution is -2.12. The molecule has 1 heterocycles. The minimum atomic E-state index is -0.0417. The lowest BCUT2D eigenvalue weighted by molar-refractivity contribution is 1.01. The Balaban J connectivity index is 1.76. The molecular weight excluding hydrogens is 348 g/mol. The summed E-state index contributed by atoms with van der Waals surface area (Å²) in [6.07, 6.45) is 2.05. The number of benzene rings is 3. The molecule has 2 N–H and O–H groups in total. The van der Waals surface area contributed by atoms with E-state index in [0.717, 1.165) is 27.2 Å². The van der Waals surface area contributed by atoms with Gasteiger partial charge in [0.2, 0.25) is 0 Å². The molecule has 2 nitrogen and oxygen atoms in total. The predicted molar refractivity (Wildman–Crippen MR) is 119 cm³/mol. The zero-order chi connectivity index (χ0) is 18.8. The number of aromatic amines is 1. The van der Waals surface area contributed by atoms with Crippen molar-refractivity contribution in [1.29, 1.82) is 0 Å². The number of H-pyrrole nitrogens is 1. The number of anilines is 1. The lowest BCUT2D eigenvalue weighted by atomic mass is 9.93. The van der Waals surface area contributed by atoms with Crippen LogP contribution < -0.4 is 5.32 Å². The Hall–Kier alpha value is -2.91. The van der Waals surface area contributed by atoms with Gasteiger partial charge < -0.3 is 10.3 Å². The molecule has 27 heavy (non-hydrogen) atoms. The fourth-order valence-corrected chi connectivity index (χ4v) is 3.61. The summed E-state index contributed by atoms with van der Waals surface area (Å²) in [4.78, 5) is 4.29. The van der Waals surface area contributed by atoms with E-state index in [9.17, 15) is 0 Å². The van der Waals surface area contributed by atoms with Crippen molar-refractivity contribution in [3.05, 3.63) is 102 Å². The van der Waals surface area contributed by atoms with Gasteiger partial charge in [-0.25, -0.2) is 0 Å². The molecule has 1 atom stereocenters. The molecule has 0 aliphatic carbocycles. The van der Waals surface area contributed by atoms with Crippen LogP contribution in [0.15, 0.2) is 90.5 Å². The summed E-state index contributed by atoms with van der Waals surface area (Å²) < 4.78 is 0. The summed E-state index contributed by atoms with van der Waals surface area (Å²) >= 11 is 4.47. The maximum atomic E-state index is 4.47.